The number of rotatable bonds is 5. The summed E-state index contributed by atoms with van der Waals surface area (Å²) in [5, 5.41) is 13.6. The Bertz CT molecular complexity index is 413. The summed E-state index contributed by atoms with van der Waals surface area (Å²) in [6, 6.07) is 2.14. The van der Waals surface area contributed by atoms with Crippen LogP contribution in [0.1, 0.15) is 19.8 Å². The molecular formula is C12H16F2N2O2. The first-order chi connectivity index (χ1) is 8.56. The molecule has 3 N–H and O–H groups in total. The van der Waals surface area contributed by atoms with Crippen LogP contribution < -0.4 is 10.6 Å². The van der Waals surface area contributed by atoms with Crippen molar-refractivity contribution in [2.75, 3.05) is 11.9 Å². The first-order valence-corrected chi connectivity index (χ1v) is 5.70. The Morgan fingerprint density at radius 3 is 2.72 bits per heavy atom. The smallest absolute Gasteiger partial charge is 0.319 e. The summed E-state index contributed by atoms with van der Waals surface area (Å²) < 4.78 is 25.9. The Hall–Kier alpha value is -1.69. The van der Waals surface area contributed by atoms with Crippen LogP contribution in [-0.4, -0.2) is 23.8 Å². The van der Waals surface area contributed by atoms with E-state index < -0.39 is 17.7 Å². The predicted molar refractivity (Wildman–Crippen MR) is 64.3 cm³/mol. The number of benzene rings is 1. The van der Waals surface area contributed by atoms with Gasteiger partial charge in [0.15, 0.2) is 0 Å². The van der Waals surface area contributed by atoms with Crippen molar-refractivity contribution >= 4 is 11.7 Å². The number of carbonyl (C=O) groups excluding carboxylic acids is 1. The maximum atomic E-state index is 13.3. The molecule has 0 saturated carbocycles. The number of nitrogens with one attached hydrogen (secondary N) is 2. The summed E-state index contributed by atoms with van der Waals surface area (Å²) in [5.41, 5.74) is -0.0900. The van der Waals surface area contributed by atoms with Crippen LogP contribution in [0.15, 0.2) is 18.2 Å². The predicted octanol–water partition coefficient (Wildman–Crippen LogP) is 2.25. The molecule has 0 heterocycles. The summed E-state index contributed by atoms with van der Waals surface area (Å²) in [5.74, 6) is -1.54. The highest BCUT2D eigenvalue weighted by atomic mass is 19.1. The Kier molecular flexibility index (Phi) is 5.51. The molecule has 0 radical (unpaired) electrons. The number of hydrogen-bond acceptors (Lipinski definition) is 2. The molecule has 0 saturated heterocycles. The third-order valence-corrected chi connectivity index (χ3v) is 2.48. The van der Waals surface area contributed by atoms with E-state index in [-0.39, 0.29) is 18.3 Å². The second-order valence-electron chi connectivity index (χ2n) is 3.84. The van der Waals surface area contributed by atoms with Gasteiger partial charge < -0.3 is 15.7 Å². The summed E-state index contributed by atoms with van der Waals surface area (Å²) in [6.45, 7) is 1.82. The fraction of sp³-hybridized carbons (Fsp3) is 0.417. The van der Waals surface area contributed by atoms with Gasteiger partial charge in [-0.1, -0.05) is 6.92 Å². The van der Waals surface area contributed by atoms with Crippen molar-refractivity contribution in [1.82, 2.24) is 5.32 Å². The first kappa shape index (κ1) is 14.4. The largest absolute Gasteiger partial charge is 0.396 e. The minimum Gasteiger partial charge on any atom is -0.396 e. The summed E-state index contributed by atoms with van der Waals surface area (Å²) >= 11 is 0. The number of anilines is 1. The third kappa shape index (κ3) is 4.29. The van der Waals surface area contributed by atoms with Gasteiger partial charge in [-0.25, -0.2) is 13.6 Å². The summed E-state index contributed by atoms with van der Waals surface area (Å²) in [7, 11) is 0. The average Bonchev–Trinajstić information content (AvgIpc) is 2.32. The molecule has 0 aliphatic rings. The molecule has 1 unspecified atom stereocenters. The van der Waals surface area contributed by atoms with E-state index in [0.717, 1.165) is 12.1 Å². The van der Waals surface area contributed by atoms with Crippen LogP contribution >= 0.6 is 0 Å². The van der Waals surface area contributed by atoms with E-state index in [1.165, 1.54) is 0 Å². The molecule has 4 nitrogen and oxygen atoms in total. The van der Waals surface area contributed by atoms with Crippen LogP contribution in [0, 0.1) is 11.6 Å². The number of aliphatic hydroxyl groups excluding tert-OH is 1. The third-order valence-electron chi connectivity index (χ3n) is 2.48. The normalized spacial score (nSPS) is 12.0. The molecule has 0 spiro atoms. The van der Waals surface area contributed by atoms with Gasteiger partial charge in [-0.3, -0.25) is 0 Å². The van der Waals surface area contributed by atoms with E-state index in [1.807, 2.05) is 6.92 Å². The highest BCUT2D eigenvalue weighted by molar-refractivity contribution is 5.89. The molecular weight excluding hydrogens is 242 g/mol. The van der Waals surface area contributed by atoms with Crippen molar-refractivity contribution in [1.29, 1.82) is 0 Å². The van der Waals surface area contributed by atoms with E-state index in [2.05, 4.69) is 10.6 Å². The highest BCUT2D eigenvalue weighted by Crippen LogP contribution is 2.14. The number of halogens is 2. The maximum absolute atomic E-state index is 13.3. The van der Waals surface area contributed by atoms with Gasteiger partial charge in [0.25, 0.3) is 0 Å². The van der Waals surface area contributed by atoms with Gasteiger partial charge in [-0.05, 0) is 25.0 Å². The van der Waals surface area contributed by atoms with E-state index in [0.29, 0.717) is 18.9 Å². The molecule has 18 heavy (non-hydrogen) atoms. The molecule has 0 aliphatic heterocycles. The van der Waals surface area contributed by atoms with Crippen LogP contribution in [-0.2, 0) is 0 Å². The van der Waals surface area contributed by atoms with Gasteiger partial charge >= 0.3 is 6.03 Å². The van der Waals surface area contributed by atoms with Crippen LogP contribution in [0.4, 0.5) is 19.3 Å². The zero-order valence-electron chi connectivity index (χ0n) is 10.0. The van der Waals surface area contributed by atoms with Crippen molar-refractivity contribution in [2.24, 2.45) is 0 Å². The van der Waals surface area contributed by atoms with Gasteiger partial charge in [0.05, 0.1) is 5.69 Å². The highest BCUT2D eigenvalue weighted by Gasteiger charge is 2.11. The number of aliphatic hydroxyl groups is 1. The van der Waals surface area contributed by atoms with Crippen molar-refractivity contribution < 1.29 is 18.7 Å². The second-order valence-corrected chi connectivity index (χ2v) is 3.84. The zero-order valence-corrected chi connectivity index (χ0v) is 10.0. The first-order valence-electron chi connectivity index (χ1n) is 5.70. The van der Waals surface area contributed by atoms with Gasteiger partial charge in [-0.15, -0.1) is 0 Å². The average molecular weight is 258 g/mol. The lowest BCUT2D eigenvalue weighted by atomic mass is 10.2. The van der Waals surface area contributed by atoms with E-state index in [9.17, 15) is 13.6 Å². The Balaban J connectivity index is 2.58. The minimum absolute atomic E-state index is 0.0380. The molecule has 2 amide bonds. The Labute approximate surface area is 104 Å². The second kappa shape index (κ2) is 6.90. The number of urea groups is 1. The van der Waals surface area contributed by atoms with Gasteiger partial charge in [0.2, 0.25) is 0 Å². The fourth-order valence-electron chi connectivity index (χ4n) is 1.47. The van der Waals surface area contributed by atoms with Crippen LogP contribution in [0.3, 0.4) is 0 Å². The van der Waals surface area contributed by atoms with Crippen molar-refractivity contribution in [2.45, 2.75) is 25.8 Å². The van der Waals surface area contributed by atoms with Crippen molar-refractivity contribution in [3.05, 3.63) is 29.8 Å². The lowest BCUT2D eigenvalue weighted by Gasteiger charge is -2.16. The van der Waals surface area contributed by atoms with Crippen LogP contribution in [0.2, 0.25) is 0 Å². The molecule has 1 atom stereocenters. The van der Waals surface area contributed by atoms with Crippen LogP contribution in [0.25, 0.3) is 0 Å². The minimum atomic E-state index is -0.833. The lowest BCUT2D eigenvalue weighted by molar-refractivity contribution is 0.237. The maximum Gasteiger partial charge on any atom is 0.319 e. The van der Waals surface area contributed by atoms with Crippen molar-refractivity contribution in [3.63, 3.8) is 0 Å². The van der Waals surface area contributed by atoms with E-state index >= 15 is 0 Å². The SMILES string of the molecule is CCC(CCO)NC(=O)Nc1ccc(F)cc1F. The number of hydrogen-bond donors (Lipinski definition) is 3. The standard InChI is InChI=1S/C12H16F2N2O2/c1-2-9(5-6-17)15-12(18)16-11-4-3-8(13)7-10(11)14/h3-4,7,9,17H,2,5-6H2,1H3,(H2,15,16,18). The molecule has 0 aliphatic carbocycles. The van der Waals surface area contributed by atoms with E-state index in [1.54, 1.807) is 0 Å². The van der Waals surface area contributed by atoms with Crippen molar-refractivity contribution in [3.8, 4) is 0 Å². The zero-order chi connectivity index (χ0) is 13.5. The number of carbonyl (C=O) groups is 1. The number of amides is 2. The Morgan fingerprint density at radius 2 is 2.17 bits per heavy atom. The molecule has 0 fully saturated rings. The molecule has 1 aromatic carbocycles. The Morgan fingerprint density at radius 1 is 1.44 bits per heavy atom. The molecule has 1 aromatic rings. The molecule has 100 valence electrons. The molecule has 6 heteroatoms. The van der Waals surface area contributed by atoms with Gasteiger partial charge in [0.1, 0.15) is 11.6 Å². The topological polar surface area (TPSA) is 61.4 Å². The monoisotopic (exact) mass is 258 g/mol. The van der Waals surface area contributed by atoms with Gasteiger partial charge in [0, 0.05) is 18.7 Å². The van der Waals surface area contributed by atoms with Crippen LogP contribution in [0.5, 0.6) is 0 Å². The quantitative estimate of drug-likeness (QED) is 0.758. The summed E-state index contributed by atoms with van der Waals surface area (Å²) in [6.07, 6.45) is 1.08. The summed E-state index contributed by atoms with van der Waals surface area (Å²) in [4.78, 5) is 11.5. The molecule has 0 aromatic heterocycles. The molecule has 1 rings (SSSR count). The van der Waals surface area contributed by atoms with E-state index in [4.69, 9.17) is 5.11 Å². The molecule has 0 bridgehead atoms. The fourth-order valence-corrected chi connectivity index (χ4v) is 1.47. The lowest BCUT2D eigenvalue weighted by Crippen LogP contribution is -2.38. The van der Waals surface area contributed by atoms with Gasteiger partial charge in [-0.2, -0.15) is 0 Å².